The Kier molecular flexibility index (Phi) is 19.7. The van der Waals surface area contributed by atoms with E-state index in [1.807, 2.05) is 109 Å². The third-order valence-electron chi connectivity index (χ3n) is 10.6. The number of carbonyl (C=O) groups excluding carboxylic acids is 5. The van der Waals surface area contributed by atoms with Crippen molar-refractivity contribution in [2.75, 3.05) is 18.6 Å². The van der Waals surface area contributed by atoms with Crippen molar-refractivity contribution in [3.63, 3.8) is 0 Å². The zero-order valence-electron chi connectivity index (χ0n) is 36.5. The van der Waals surface area contributed by atoms with Crippen LogP contribution in [0.25, 0.3) is 11.1 Å². The predicted molar refractivity (Wildman–Crippen MR) is 252 cm³/mol. The van der Waals surface area contributed by atoms with Gasteiger partial charge in [-0.15, -0.1) is 11.3 Å². The van der Waals surface area contributed by atoms with Gasteiger partial charge in [-0.3, -0.25) is 28.8 Å². The number of aliphatic hydroxyl groups is 1. The van der Waals surface area contributed by atoms with Gasteiger partial charge in [0.15, 0.2) is 0 Å². The molecular weight excluding hydrogens is 845 g/mol. The summed E-state index contributed by atoms with van der Waals surface area (Å²) >= 11 is 1.45. The topological polar surface area (TPSA) is 215 Å². The smallest absolute Gasteiger partial charge is 0.303 e. The molecule has 4 aromatic carbocycles. The lowest BCUT2D eigenvalue weighted by Gasteiger charge is -2.27. The Balaban J connectivity index is 1.43. The van der Waals surface area contributed by atoms with Gasteiger partial charge in [0.05, 0.1) is 0 Å². The Morgan fingerprint density at radius 3 is 1.71 bits per heavy atom. The third-order valence-corrected chi connectivity index (χ3v) is 11.5. The lowest BCUT2D eigenvalue weighted by atomic mass is 9.99. The zero-order valence-corrected chi connectivity index (χ0v) is 37.3. The Labute approximate surface area is 383 Å². The first-order valence-electron chi connectivity index (χ1n) is 21.9. The summed E-state index contributed by atoms with van der Waals surface area (Å²) < 4.78 is 0. The number of aliphatic carboxylic acids is 1. The largest absolute Gasteiger partial charge is 0.481 e. The molecule has 4 atom stereocenters. The average Bonchev–Trinajstić information content (AvgIpc) is 3.83. The summed E-state index contributed by atoms with van der Waals surface area (Å²) in [6.45, 7) is 1.65. The molecule has 1 heterocycles. The SMILES string of the molecule is CCCC(=O)N[C@H](Cc1cccs1)C(=O)N[C@@H](Cc1ccc(-c2ccccc2)cc1)C(=O)N[C@H](CCc1ccccc1)C(=O)N[C@@H](Cc1ccc(NCO)cc1)C(=O)NCCCC(=O)O. The fraction of sp³-hybridized carbons (Fsp3) is 0.320. The summed E-state index contributed by atoms with van der Waals surface area (Å²) in [6.07, 6.45) is 1.66. The highest BCUT2D eigenvalue weighted by Crippen LogP contribution is 2.21. The van der Waals surface area contributed by atoms with E-state index in [4.69, 9.17) is 5.11 Å². The average molecular weight is 903 g/mol. The number of carboxylic acid groups (broad SMARTS) is 1. The maximum Gasteiger partial charge on any atom is 0.303 e. The Hall–Kier alpha value is -6.84. The van der Waals surface area contributed by atoms with Gasteiger partial charge < -0.3 is 42.1 Å². The second-order valence-electron chi connectivity index (χ2n) is 15.7. The highest BCUT2D eigenvalue weighted by Gasteiger charge is 2.32. The molecule has 0 saturated heterocycles. The first-order valence-corrected chi connectivity index (χ1v) is 22.7. The van der Waals surface area contributed by atoms with Gasteiger partial charge >= 0.3 is 5.97 Å². The Morgan fingerprint density at radius 2 is 1.12 bits per heavy atom. The highest BCUT2D eigenvalue weighted by atomic mass is 32.1. The summed E-state index contributed by atoms with van der Waals surface area (Å²) in [5, 5.41) is 37.3. The molecular formula is C50H58N6O8S. The number of carbonyl (C=O) groups is 6. The van der Waals surface area contributed by atoms with Gasteiger partial charge in [0.2, 0.25) is 29.5 Å². The summed E-state index contributed by atoms with van der Waals surface area (Å²) in [4.78, 5) is 81.9. The van der Waals surface area contributed by atoms with Crippen LogP contribution < -0.4 is 31.9 Å². The second kappa shape index (κ2) is 26.1. The molecule has 5 aromatic rings. The van der Waals surface area contributed by atoms with Gasteiger partial charge in [0.1, 0.15) is 30.9 Å². The van der Waals surface area contributed by atoms with Gasteiger partial charge in [-0.25, -0.2) is 0 Å². The van der Waals surface area contributed by atoms with E-state index in [2.05, 4.69) is 31.9 Å². The van der Waals surface area contributed by atoms with Crippen molar-refractivity contribution in [3.05, 3.63) is 148 Å². The first-order chi connectivity index (χ1) is 31.5. The number of rotatable bonds is 26. The minimum Gasteiger partial charge on any atom is -0.481 e. The molecule has 5 rings (SSSR count). The number of aliphatic hydroxyl groups excluding tert-OH is 1. The van der Waals surface area contributed by atoms with E-state index in [1.54, 1.807) is 24.3 Å². The van der Waals surface area contributed by atoms with Crippen LogP contribution >= 0.6 is 11.3 Å². The number of nitrogens with one attached hydrogen (secondary N) is 6. The number of amides is 5. The molecule has 14 nitrogen and oxygen atoms in total. The van der Waals surface area contributed by atoms with E-state index in [9.17, 15) is 33.9 Å². The van der Waals surface area contributed by atoms with Crippen LogP contribution in [0, 0.1) is 0 Å². The van der Waals surface area contributed by atoms with Crippen LogP contribution in [0.4, 0.5) is 5.69 Å². The molecule has 0 fully saturated rings. The van der Waals surface area contributed by atoms with Crippen LogP contribution in [-0.2, 0) is 54.5 Å². The van der Waals surface area contributed by atoms with Crippen molar-refractivity contribution in [1.29, 1.82) is 0 Å². The maximum atomic E-state index is 14.6. The van der Waals surface area contributed by atoms with Gasteiger partial charge in [0.25, 0.3) is 0 Å². The fourth-order valence-corrected chi connectivity index (χ4v) is 7.90. The van der Waals surface area contributed by atoms with E-state index >= 15 is 0 Å². The normalized spacial score (nSPS) is 12.7. The van der Waals surface area contributed by atoms with Gasteiger partial charge in [-0.2, -0.15) is 0 Å². The van der Waals surface area contributed by atoms with E-state index in [-0.39, 0.29) is 64.1 Å². The molecule has 15 heteroatoms. The maximum absolute atomic E-state index is 14.6. The van der Waals surface area contributed by atoms with Gasteiger partial charge in [-0.1, -0.05) is 110 Å². The molecule has 0 unspecified atom stereocenters. The number of anilines is 1. The minimum absolute atomic E-state index is 0.0524. The fourth-order valence-electron chi connectivity index (χ4n) is 7.15. The van der Waals surface area contributed by atoms with Gasteiger partial charge in [-0.05, 0) is 77.1 Å². The number of carboxylic acids is 1. The monoisotopic (exact) mass is 902 g/mol. The molecule has 0 aliphatic rings. The van der Waals surface area contributed by atoms with Gasteiger partial charge in [0, 0.05) is 49.2 Å². The molecule has 0 bridgehead atoms. The number of aryl methyl sites for hydroxylation is 1. The van der Waals surface area contributed by atoms with Crippen LogP contribution in [0.3, 0.4) is 0 Å². The molecule has 0 radical (unpaired) electrons. The zero-order chi connectivity index (χ0) is 46.4. The molecule has 5 amide bonds. The molecule has 0 aliphatic carbocycles. The molecule has 65 heavy (non-hydrogen) atoms. The van der Waals surface area contributed by atoms with Crippen molar-refractivity contribution in [3.8, 4) is 11.1 Å². The number of benzene rings is 4. The van der Waals surface area contributed by atoms with E-state index in [1.165, 1.54) is 11.3 Å². The summed E-state index contributed by atoms with van der Waals surface area (Å²) in [5.41, 5.74) is 4.95. The molecule has 1 aromatic heterocycles. The summed E-state index contributed by atoms with van der Waals surface area (Å²) in [6, 6.07) is 33.1. The molecule has 0 spiro atoms. The highest BCUT2D eigenvalue weighted by molar-refractivity contribution is 7.09. The quantitative estimate of drug-likeness (QED) is 0.0272. The van der Waals surface area contributed by atoms with E-state index in [0.717, 1.165) is 27.1 Å². The van der Waals surface area contributed by atoms with Crippen LogP contribution in [0.5, 0.6) is 0 Å². The molecule has 0 aliphatic heterocycles. The number of thiophene rings is 1. The Bertz CT molecular complexity index is 2280. The van der Waals surface area contributed by atoms with Crippen LogP contribution in [0.2, 0.25) is 0 Å². The molecule has 342 valence electrons. The third kappa shape index (κ3) is 16.7. The van der Waals surface area contributed by atoms with Crippen molar-refractivity contribution >= 4 is 52.5 Å². The van der Waals surface area contributed by atoms with Crippen molar-refractivity contribution in [1.82, 2.24) is 26.6 Å². The minimum atomic E-state index is -1.19. The standard InChI is InChI=1S/C50H58N6O8S/c1-2-11-45(58)53-44(32-40-16-10-29-65-40)50(64)56-43(31-35-18-23-38(24-19-35)37-14-7-4-8-15-37)49(63)54-41(27-22-34-12-5-3-6-13-34)48(62)55-42(47(61)51-28-9-17-46(59)60)30-36-20-25-39(26-21-36)52-33-57/h3-8,10,12-16,18-21,23-26,29,41-44,52,57H,2,9,11,17,22,27-28,30-33H2,1H3,(H,51,61)(H,53,58)(H,54,63)(H,55,62)(H,56,64)(H,59,60)/t41-,42+,43+,44-/m1/s1. The van der Waals surface area contributed by atoms with E-state index < -0.39 is 53.8 Å². The predicted octanol–water partition coefficient (Wildman–Crippen LogP) is 5.16. The van der Waals surface area contributed by atoms with Crippen molar-refractivity contribution < 1.29 is 39.0 Å². The van der Waals surface area contributed by atoms with Crippen molar-refractivity contribution in [2.24, 2.45) is 0 Å². The van der Waals surface area contributed by atoms with Crippen LogP contribution in [-0.4, -0.2) is 83.2 Å². The van der Waals surface area contributed by atoms with Crippen molar-refractivity contribution in [2.45, 2.75) is 88.9 Å². The second-order valence-corrected chi connectivity index (χ2v) is 16.7. The summed E-state index contributed by atoms with van der Waals surface area (Å²) in [7, 11) is 0. The first kappa shape index (κ1) is 49.2. The lowest BCUT2D eigenvalue weighted by molar-refractivity contribution is -0.137. The molecule has 8 N–H and O–H groups in total. The van der Waals surface area contributed by atoms with E-state index in [0.29, 0.717) is 24.1 Å². The number of hydrogen-bond donors (Lipinski definition) is 8. The Morgan fingerprint density at radius 1 is 0.569 bits per heavy atom. The van der Waals surface area contributed by atoms with Crippen LogP contribution in [0.15, 0.2) is 127 Å². The number of hydrogen-bond acceptors (Lipinski definition) is 9. The summed E-state index contributed by atoms with van der Waals surface area (Å²) in [5.74, 6) is -3.68. The lowest BCUT2D eigenvalue weighted by Crippen LogP contribution is -2.59. The molecule has 0 saturated carbocycles. The van der Waals surface area contributed by atoms with Crippen LogP contribution in [0.1, 0.15) is 60.6 Å².